The normalized spacial score (nSPS) is 21.1. The van der Waals surface area contributed by atoms with Gasteiger partial charge < -0.3 is 9.47 Å². The minimum atomic E-state index is -0.0996. The first-order valence-corrected chi connectivity index (χ1v) is 12.0. The van der Waals surface area contributed by atoms with E-state index in [0.29, 0.717) is 18.4 Å². The summed E-state index contributed by atoms with van der Waals surface area (Å²) in [6, 6.07) is 26.9. The van der Waals surface area contributed by atoms with Crippen LogP contribution < -0.4 is 4.90 Å². The number of halogens is 1. The van der Waals surface area contributed by atoms with Crippen LogP contribution in [-0.4, -0.2) is 10.6 Å². The van der Waals surface area contributed by atoms with Gasteiger partial charge in [0, 0.05) is 34.5 Å². The van der Waals surface area contributed by atoms with E-state index in [1.54, 1.807) is 6.08 Å². The van der Waals surface area contributed by atoms with Crippen LogP contribution in [0.3, 0.4) is 0 Å². The predicted octanol–water partition coefficient (Wildman–Crippen LogP) is 7.48. The molecule has 2 aliphatic carbocycles. The average Bonchev–Trinajstić information content (AvgIpc) is 3.40. The van der Waals surface area contributed by atoms with E-state index in [9.17, 15) is 9.65 Å². The molecule has 0 spiro atoms. The zero-order valence-corrected chi connectivity index (χ0v) is 19.0. The maximum Gasteiger partial charge on any atom is 0.102 e. The maximum atomic E-state index is 14.5. The lowest BCUT2D eigenvalue weighted by atomic mass is 9.86. The van der Waals surface area contributed by atoms with Crippen LogP contribution in [0.1, 0.15) is 18.4 Å². The zero-order chi connectivity index (χ0) is 23.5. The summed E-state index contributed by atoms with van der Waals surface area (Å²) in [6.07, 6.45) is 9.58. The van der Waals surface area contributed by atoms with Crippen molar-refractivity contribution < 1.29 is 4.39 Å². The molecule has 0 N–H and O–H groups in total. The molecular formula is C31H22FN3. The standard InChI is InChI=1S/C31H22FN3/c32-21-13-15-25-26-16-14-22(34-28-11-5-2-8-23(28)24-9-3-6-12-29(24)34)18-31(26)35(30(25)17-21)27-10-4-1-7-20(27)19-33/h1-12,14,16-18,26,31H,13,15H2. The second kappa shape index (κ2) is 7.58. The molecule has 0 fully saturated rings. The molecule has 1 aliphatic heterocycles. The van der Waals surface area contributed by atoms with E-state index in [2.05, 4.69) is 82.3 Å². The van der Waals surface area contributed by atoms with Gasteiger partial charge in [-0.25, -0.2) is 4.39 Å². The fourth-order valence-electron chi connectivity index (χ4n) is 6.04. The van der Waals surface area contributed by atoms with Crippen molar-refractivity contribution in [3.63, 3.8) is 0 Å². The molecule has 1 aromatic heterocycles. The summed E-state index contributed by atoms with van der Waals surface area (Å²) in [6.45, 7) is 0. The first-order valence-electron chi connectivity index (χ1n) is 12.0. The van der Waals surface area contributed by atoms with E-state index < -0.39 is 0 Å². The van der Waals surface area contributed by atoms with Gasteiger partial charge in [0.05, 0.1) is 28.3 Å². The largest absolute Gasteiger partial charge is 0.332 e. The Hall–Kier alpha value is -4.36. The van der Waals surface area contributed by atoms with Crippen molar-refractivity contribution in [3.05, 3.63) is 120 Å². The molecule has 35 heavy (non-hydrogen) atoms. The fraction of sp³-hybridized carbons (Fsp3) is 0.129. The van der Waals surface area contributed by atoms with Crippen LogP contribution in [0.4, 0.5) is 10.1 Å². The lowest BCUT2D eigenvalue weighted by molar-refractivity contribution is 0.569. The van der Waals surface area contributed by atoms with Gasteiger partial charge in [0.15, 0.2) is 0 Å². The van der Waals surface area contributed by atoms with E-state index in [0.717, 1.165) is 28.1 Å². The molecule has 0 bridgehead atoms. The van der Waals surface area contributed by atoms with Crippen LogP contribution in [0.2, 0.25) is 0 Å². The number of rotatable bonds is 2. The molecule has 2 atom stereocenters. The average molecular weight is 456 g/mol. The van der Waals surface area contributed by atoms with Gasteiger partial charge in [-0.3, -0.25) is 0 Å². The van der Waals surface area contributed by atoms with E-state index in [1.807, 2.05) is 24.3 Å². The second-order valence-electron chi connectivity index (χ2n) is 9.34. The Morgan fingerprint density at radius 3 is 2.29 bits per heavy atom. The van der Waals surface area contributed by atoms with Crippen molar-refractivity contribution in [1.29, 1.82) is 5.26 Å². The highest BCUT2D eigenvalue weighted by Gasteiger charge is 2.41. The number of hydrogen-bond donors (Lipinski definition) is 0. The van der Waals surface area contributed by atoms with Gasteiger partial charge in [-0.1, -0.05) is 54.6 Å². The summed E-state index contributed by atoms with van der Waals surface area (Å²) in [5, 5.41) is 12.3. The summed E-state index contributed by atoms with van der Waals surface area (Å²) >= 11 is 0. The quantitative estimate of drug-likeness (QED) is 0.314. The minimum Gasteiger partial charge on any atom is -0.332 e. The molecule has 4 aromatic rings. The lowest BCUT2D eigenvalue weighted by Crippen LogP contribution is -2.34. The number of hydrogen-bond acceptors (Lipinski definition) is 2. The van der Waals surface area contributed by atoms with Crippen molar-refractivity contribution in [2.24, 2.45) is 5.92 Å². The molecule has 3 nitrogen and oxygen atoms in total. The van der Waals surface area contributed by atoms with E-state index >= 15 is 0 Å². The Labute approximate surface area is 203 Å². The number of benzene rings is 3. The second-order valence-corrected chi connectivity index (χ2v) is 9.34. The molecule has 168 valence electrons. The molecule has 2 heterocycles. The molecule has 3 aliphatic rings. The SMILES string of the molecule is N#Cc1ccccc1N1C2=C(CCC(F)=C2)C2C=CC(n3c4ccccc4c4ccccc43)=CC21. The van der Waals surface area contributed by atoms with Gasteiger partial charge in [-0.2, -0.15) is 5.26 Å². The van der Waals surface area contributed by atoms with Gasteiger partial charge in [-0.15, -0.1) is 0 Å². The summed E-state index contributed by atoms with van der Waals surface area (Å²) in [5.74, 6) is 0.0513. The molecular weight excluding hydrogens is 433 g/mol. The minimum absolute atomic E-state index is 0.0309. The molecule has 0 amide bonds. The van der Waals surface area contributed by atoms with Crippen LogP contribution in [0.5, 0.6) is 0 Å². The van der Waals surface area contributed by atoms with E-state index in [-0.39, 0.29) is 17.8 Å². The molecule has 0 saturated carbocycles. The molecule has 0 radical (unpaired) electrons. The van der Waals surface area contributed by atoms with Crippen LogP contribution in [0.25, 0.3) is 27.5 Å². The Balaban J connectivity index is 1.45. The summed E-state index contributed by atoms with van der Waals surface area (Å²) in [5.41, 5.74) is 6.98. The van der Waals surface area contributed by atoms with Crippen molar-refractivity contribution in [3.8, 4) is 6.07 Å². The predicted molar refractivity (Wildman–Crippen MR) is 139 cm³/mol. The zero-order valence-electron chi connectivity index (χ0n) is 19.0. The van der Waals surface area contributed by atoms with Crippen molar-refractivity contribution in [2.75, 3.05) is 4.90 Å². The Kier molecular flexibility index (Phi) is 4.34. The molecule has 0 saturated heterocycles. The number of fused-ring (bicyclic) bond motifs is 5. The number of para-hydroxylation sites is 3. The Morgan fingerprint density at radius 1 is 0.857 bits per heavy atom. The fourth-order valence-corrected chi connectivity index (χ4v) is 6.04. The molecule has 7 rings (SSSR count). The van der Waals surface area contributed by atoms with Crippen LogP contribution >= 0.6 is 0 Å². The number of anilines is 1. The van der Waals surface area contributed by atoms with Crippen LogP contribution in [-0.2, 0) is 0 Å². The topological polar surface area (TPSA) is 32.0 Å². The number of aromatic nitrogens is 1. The highest BCUT2D eigenvalue weighted by Crippen LogP contribution is 2.48. The van der Waals surface area contributed by atoms with Gasteiger partial charge in [0.25, 0.3) is 0 Å². The van der Waals surface area contributed by atoms with Crippen LogP contribution in [0.15, 0.2) is 114 Å². The van der Waals surface area contributed by atoms with E-state index in [1.165, 1.54) is 16.3 Å². The number of allylic oxidation sites excluding steroid dienone is 4. The Morgan fingerprint density at radius 2 is 1.54 bits per heavy atom. The first kappa shape index (κ1) is 20.1. The molecule has 3 aromatic carbocycles. The monoisotopic (exact) mass is 455 g/mol. The van der Waals surface area contributed by atoms with Crippen LogP contribution in [0, 0.1) is 17.2 Å². The number of nitrogens with zero attached hydrogens (tertiary/aromatic N) is 3. The third-order valence-corrected chi connectivity index (χ3v) is 7.52. The smallest absolute Gasteiger partial charge is 0.102 e. The molecule has 4 heteroatoms. The maximum absolute atomic E-state index is 14.5. The van der Waals surface area contributed by atoms with E-state index in [4.69, 9.17) is 0 Å². The van der Waals surface area contributed by atoms with Crippen molar-refractivity contribution in [1.82, 2.24) is 4.57 Å². The summed E-state index contributed by atoms with van der Waals surface area (Å²) < 4.78 is 16.8. The summed E-state index contributed by atoms with van der Waals surface area (Å²) in [4.78, 5) is 2.18. The highest BCUT2D eigenvalue weighted by molar-refractivity contribution is 6.10. The Bertz CT molecular complexity index is 1640. The molecule has 2 unspecified atom stereocenters. The highest BCUT2D eigenvalue weighted by atomic mass is 19.1. The van der Waals surface area contributed by atoms with Crippen molar-refractivity contribution in [2.45, 2.75) is 18.9 Å². The van der Waals surface area contributed by atoms with Crippen molar-refractivity contribution >= 4 is 33.2 Å². The summed E-state index contributed by atoms with van der Waals surface area (Å²) in [7, 11) is 0. The number of nitriles is 1. The third-order valence-electron chi connectivity index (χ3n) is 7.52. The van der Waals surface area contributed by atoms with Gasteiger partial charge in [0.2, 0.25) is 0 Å². The first-order chi connectivity index (χ1) is 17.2. The lowest BCUT2D eigenvalue weighted by Gasteiger charge is -2.32. The third kappa shape index (κ3) is 2.88. The van der Waals surface area contributed by atoms with Gasteiger partial charge in [0.1, 0.15) is 11.9 Å². The van der Waals surface area contributed by atoms with Gasteiger partial charge in [-0.05, 0) is 54.5 Å². The van der Waals surface area contributed by atoms with Gasteiger partial charge >= 0.3 is 0 Å².